The Balaban J connectivity index is 1.90. The average molecular weight is 281 g/mol. The van der Waals surface area contributed by atoms with Gasteiger partial charge in [-0.3, -0.25) is 0 Å². The molecule has 0 aliphatic heterocycles. The fraction of sp³-hybridized carbons (Fsp3) is 0.222. The lowest BCUT2D eigenvalue weighted by Crippen LogP contribution is -2.13. The van der Waals surface area contributed by atoms with Crippen LogP contribution in [0.1, 0.15) is 28.3 Å². The molecule has 3 aromatic rings. The first-order valence-electron chi connectivity index (χ1n) is 6.93. The van der Waals surface area contributed by atoms with Crippen molar-refractivity contribution in [2.45, 2.75) is 26.3 Å². The van der Waals surface area contributed by atoms with Gasteiger partial charge >= 0.3 is 0 Å². The Morgan fingerprint density at radius 2 is 1.90 bits per heavy atom. The molecule has 1 aromatic heterocycles. The summed E-state index contributed by atoms with van der Waals surface area (Å²) >= 11 is 1.78. The maximum Gasteiger partial charge on any atom is 0.0390 e. The molecule has 1 unspecified atom stereocenters. The van der Waals surface area contributed by atoms with Gasteiger partial charge in [-0.1, -0.05) is 36.4 Å². The standard InChI is InChI=1S/C18H19NS/c1-12-6-7-14(10-13(12)2)11-17(19)16-5-3-4-15-8-9-20-18(15)16/h3-10,17H,11,19H2,1-2H3. The van der Waals surface area contributed by atoms with Crippen LogP contribution in [0.2, 0.25) is 0 Å². The van der Waals surface area contributed by atoms with Crippen LogP contribution in [-0.2, 0) is 6.42 Å². The van der Waals surface area contributed by atoms with Crippen LogP contribution >= 0.6 is 11.3 Å². The lowest BCUT2D eigenvalue weighted by atomic mass is 9.96. The summed E-state index contributed by atoms with van der Waals surface area (Å²) in [5, 5.41) is 3.43. The Kier molecular flexibility index (Phi) is 3.60. The lowest BCUT2D eigenvalue weighted by Gasteiger charge is -2.14. The van der Waals surface area contributed by atoms with E-state index in [9.17, 15) is 0 Å². The maximum absolute atomic E-state index is 6.45. The molecule has 0 radical (unpaired) electrons. The molecule has 1 heterocycles. The first kappa shape index (κ1) is 13.3. The van der Waals surface area contributed by atoms with E-state index in [1.807, 2.05) is 0 Å². The number of aryl methyl sites for hydroxylation is 2. The van der Waals surface area contributed by atoms with Crippen molar-refractivity contribution in [1.82, 2.24) is 0 Å². The van der Waals surface area contributed by atoms with Gasteiger partial charge in [0.1, 0.15) is 0 Å². The van der Waals surface area contributed by atoms with Crippen LogP contribution in [0.4, 0.5) is 0 Å². The Hall–Kier alpha value is -1.64. The predicted molar refractivity (Wildman–Crippen MR) is 88.4 cm³/mol. The van der Waals surface area contributed by atoms with Gasteiger partial charge in [-0.05, 0) is 59.4 Å². The van der Waals surface area contributed by atoms with Crippen LogP contribution in [0.15, 0.2) is 47.8 Å². The molecule has 1 nitrogen and oxygen atoms in total. The lowest BCUT2D eigenvalue weighted by molar-refractivity contribution is 0.728. The summed E-state index contributed by atoms with van der Waals surface area (Å²) in [7, 11) is 0. The van der Waals surface area contributed by atoms with Crippen molar-refractivity contribution in [2.24, 2.45) is 5.73 Å². The van der Waals surface area contributed by atoms with Crippen molar-refractivity contribution >= 4 is 21.4 Å². The Morgan fingerprint density at radius 1 is 1.05 bits per heavy atom. The van der Waals surface area contributed by atoms with E-state index in [-0.39, 0.29) is 6.04 Å². The monoisotopic (exact) mass is 281 g/mol. The molecule has 3 rings (SSSR count). The number of benzene rings is 2. The minimum atomic E-state index is 0.0551. The van der Waals surface area contributed by atoms with Crippen molar-refractivity contribution in [3.63, 3.8) is 0 Å². The third kappa shape index (κ3) is 2.49. The zero-order valence-electron chi connectivity index (χ0n) is 11.9. The van der Waals surface area contributed by atoms with Crippen molar-refractivity contribution in [2.75, 3.05) is 0 Å². The number of rotatable bonds is 3. The summed E-state index contributed by atoms with van der Waals surface area (Å²) in [6, 6.07) is 15.3. The fourth-order valence-corrected chi connectivity index (χ4v) is 3.58. The molecule has 2 heteroatoms. The Bertz CT molecular complexity index is 742. The van der Waals surface area contributed by atoms with Crippen LogP contribution in [0, 0.1) is 13.8 Å². The van der Waals surface area contributed by atoms with Crippen LogP contribution < -0.4 is 5.73 Å². The van der Waals surface area contributed by atoms with E-state index < -0.39 is 0 Å². The van der Waals surface area contributed by atoms with E-state index in [1.54, 1.807) is 11.3 Å². The zero-order valence-corrected chi connectivity index (χ0v) is 12.7. The summed E-state index contributed by atoms with van der Waals surface area (Å²) in [4.78, 5) is 0. The first-order chi connectivity index (χ1) is 9.65. The summed E-state index contributed by atoms with van der Waals surface area (Å²) in [5.41, 5.74) is 11.7. The van der Waals surface area contributed by atoms with E-state index in [1.165, 1.54) is 32.3 Å². The molecule has 0 amide bonds. The molecule has 2 aromatic carbocycles. The smallest absolute Gasteiger partial charge is 0.0390 e. The van der Waals surface area contributed by atoms with Crippen molar-refractivity contribution < 1.29 is 0 Å². The van der Waals surface area contributed by atoms with Gasteiger partial charge in [-0.15, -0.1) is 11.3 Å². The number of nitrogens with two attached hydrogens (primary N) is 1. The highest BCUT2D eigenvalue weighted by atomic mass is 32.1. The van der Waals surface area contributed by atoms with Crippen molar-refractivity contribution in [3.05, 3.63) is 70.1 Å². The second-order valence-corrected chi connectivity index (χ2v) is 6.33. The fourth-order valence-electron chi connectivity index (χ4n) is 2.60. The molecule has 0 fully saturated rings. The SMILES string of the molecule is Cc1ccc(CC(N)c2cccc3ccsc23)cc1C. The van der Waals surface area contributed by atoms with Crippen LogP contribution in [0.25, 0.3) is 10.1 Å². The topological polar surface area (TPSA) is 26.0 Å². The number of fused-ring (bicyclic) bond motifs is 1. The predicted octanol–water partition coefficient (Wildman–Crippen LogP) is 4.76. The molecular weight excluding hydrogens is 262 g/mol. The molecule has 1 atom stereocenters. The molecule has 0 bridgehead atoms. The molecule has 20 heavy (non-hydrogen) atoms. The molecule has 0 saturated carbocycles. The molecular formula is C18H19NS. The molecule has 102 valence electrons. The second-order valence-electron chi connectivity index (χ2n) is 5.42. The molecule has 0 aliphatic rings. The quantitative estimate of drug-likeness (QED) is 0.736. The molecule has 2 N–H and O–H groups in total. The van der Waals surface area contributed by atoms with Crippen LogP contribution in [-0.4, -0.2) is 0 Å². The van der Waals surface area contributed by atoms with E-state index in [0.29, 0.717) is 0 Å². The highest BCUT2D eigenvalue weighted by molar-refractivity contribution is 7.17. The maximum atomic E-state index is 6.45. The molecule has 0 saturated heterocycles. The van der Waals surface area contributed by atoms with Gasteiger partial charge in [0.25, 0.3) is 0 Å². The normalized spacial score (nSPS) is 12.8. The third-order valence-corrected chi connectivity index (χ3v) is 4.92. The number of hydrogen-bond donors (Lipinski definition) is 1. The van der Waals surface area contributed by atoms with Gasteiger partial charge in [0, 0.05) is 10.7 Å². The van der Waals surface area contributed by atoms with Gasteiger partial charge in [-0.2, -0.15) is 0 Å². The third-order valence-electron chi connectivity index (χ3n) is 3.94. The highest BCUT2D eigenvalue weighted by Gasteiger charge is 2.11. The van der Waals surface area contributed by atoms with Crippen LogP contribution in [0.3, 0.4) is 0 Å². The average Bonchev–Trinajstić information content (AvgIpc) is 2.91. The minimum absolute atomic E-state index is 0.0551. The first-order valence-corrected chi connectivity index (χ1v) is 7.81. The summed E-state index contributed by atoms with van der Waals surface area (Å²) < 4.78 is 1.32. The number of hydrogen-bond acceptors (Lipinski definition) is 2. The molecule has 0 aliphatic carbocycles. The van der Waals surface area contributed by atoms with Gasteiger partial charge < -0.3 is 5.73 Å². The number of thiophene rings is 1. The summed E-state index contributed by atoms with van der Waals surface area (Å²) in [6.07, 6.45) is 0.887. The Morgan fingerprint density at radius 3 is 2.70 bits per heavy atom. The van der Waals surface area contributed by atoms with E-state index in [2.05, 4.69) is 61.7 Å². The van der Waals surface area contributed by atoms with Gasteiger partial charge in [0.05, 0.1) is 0 Å². The minimum Gasteiger partial charge on any atom is -0.324 e. The summed E-state index contributed by atoms with van der Waals surface area (Å²) in [6.45, 7) is 4.30. The van der Waals surface area contributed by atoms with Gasteiger partial charge in [-0.25, -0.2) is 0 Å². The largest absolute Gasteiger partial charge is 0.324 e. The van der Waals surface area contributed by atoms with Crippen molar-refractivity contribution in [3.8, 4) is 0 Å². The van der Waals surface area contributed by atoms with E-state index in [0.717, 1.165) is 6.42 Å². The highest BCUT2D eigenvalue weighted by Crippen LogP contribution is 2.29. The second kappa shape index (κ2) is 5.39. The molecule has 0 spiro atoms. The summed E-state index contributed by atoms with van der Waals surface area (Å²) in [5.74, 6) is 0. The Labute approximate surface area is 124 Å². The zero-order chi connectivity index (χ0) is 14.1. The van der Waals surface area contributed by atoms with E-state index >= 15 is 0 Å². The van der Waals surface area contributed by atoms with Crippen molar-refractivity contribution in [1.29, 1.82) is 0 Å². The van der Waals surface area contributed by atoms with Gasteiger partial charge in [0.15, 0.2) is 0 Å². The van der Waals surface area contributed by atoms with Crippen LogP contribution in [0.5, 0.6) is 0 Å². The van der Waals surface area contributed by atoms with E-state index in [4.69, 9.17) is 5.73 Å². The van der Waals surface area contributed by atoms with Gasteiger partial charge in [0.2, 0.25) is 0 Å².